The molecule has 0 atom stereocenters. The van der Waals surface area contributed by atoms with Crippen molar-refractivity contribution in [2.24, 2.45) is 5.41 Å². The quantitative estimate of drug-likeness (QED) is 0.812. The molecular formula is C14H21BrN2O2S. The van der Waals surface area contributed by atoms with Crippen LogP contribution in [0.3, 0.4) is 0 Å². The molecule has 2 rings (SSSR count). The largest absolute Gasteiger partial charge is 0.399 e. The molecule has 6 heteroatoms. The highest BCUT2D eigenvalue weighted by molar-refractivity contribution is 9.10. The minimum atomic E-state index is -3.53. The minimum Gasteiger partial charge on any atom is -0.399 e. The maximum Gasteiger partial charge on any atom is 0.242 e. The van der Waals surface area contributed by atoms with Crippen LogP contribution in [0.1, 0.15) is 39.5 Å². The van der Waals surface area contributed by atoms with Gasteiger partial charge in [-0.3, -0.25) is 0 Å². The maximum absolute atomic E-state index is 12.4. The van der Waals surface area contributed by atoms with E-state index in [1.54, 1.807) is 12.1 Å². The molecule has 4 nitrogen and oxygen atoms in total. The number of benzene rings is 1. The molecule has 1 fully saturated rings. The first-order valence-corrected chi connectivity index (χ1v) is 9.05. The first-order chi connectivity index (χ1) is 9.20. The average molecular weight is 361 g/mol. The topological polar surface area (TPSA) is 72.2 Å². The summed E-state index contributed by atoms with van der Waals surface area (Å²) in [5.74, 6) is 0. The fourth-order valence-electron chi connectivity index (χ4n) is 2.53. The van der Waals surface area contributed by atoms with Crippen molar-refractivity contribution in [3.63, 3.8) is 0 Å². The van der Waals surface area contributed by atoms with E-state index in [4.69, 9.17) is 5.73 Å². The highest BCUT2D eigenvalue weighted by atomic mass is 79.9. The molecule has 0 bridgehead atoms. The summed E-state index contributed by atoms with van der Waals surface area (Å²) in [5.41, 5.74) is 6.44. The van der Waals surface area contributed by atoms with Crippen molar-refractivity contribution in [3.8, 4) is 0 Å². The lowest BCUT2D eigenvalue weighted by Gasteiger charge is -2.34. The monoisotopic (exact) mass is 360 g/mol. The molecule has 1 aliphatic carbocycles. The zero-order valence-corrected chi connectivity index (χ0v) is 14.2. The normalized spacial score (nSPS) is 19.9. The van der Waals surface area contributed by atoms with E-state index in [9.17, 15) is 8.42 Å². The second kappa shape index (κ2) is 5.66. The molecule has 3 N–H and O–H groups in total. The van der Waals surface area contributed by atoms with Crippen molar-refractivity contribution in [1.29, 1.82) is 0 Å². The van der Waals surface area contributed by atoms with Crippen molar-refractivity contribution in [1.82, 2.24) is 4.72 Å². The molecule has 1 aromatic carbocycles. The SMILES string of the molecule is CC1(C)CCC(NS(=O)(=O)c2cc(N)ccc2Br)CC1. The van der Waals surface area contributed by atoms with Crippen LogP contribution < -0.4 is 10.5 Å². The van der Waals surface area contributed by atoms with Crippen LogP contribution in [0.15, 0.2) is 27.6 Å². The predicted octanol–water partition coefficient (Wildman–Crippen LogP) is 3.28. The second-order valence-corrected chi connectivity index (χ2v) is 8.79. The van der Waals surface area contributed by atoms with Crippen LogP contribution in [-0.2, 0) is 10.0 Å². The lowest BCUT2D eigenvalue weighted by molar-refractivity contribution is 0.218. The number of nitrogen functional groups attached to an aromatic ring is 1. The Kier molecular flexibility index (Phi) is 4.47. The van der Waals surface area contributed by atoms with Crippen LogP contribution in [0.25, 0.3) is 0 Å². The summed E-state index contributed by atoms with van der Waals surface area (Å²) in [7, 11) is -3.53. The van der Waals surface area contributed by atoms with Crippen molar-refractivity contribution in [2.45, 2.75) is 50.5 Å². The summed E-state index contributed by atoms with van der Waals surface area (Å²) in [6.45, 7) is 4.46. The zero-order valence-electron chi connectivity index (χ0n) is 11.8. The third kappa shape index (κ3) is 3.74. The molecule has 20 heavy (non-hydrogen) atoms. The van der Waals surface area contributed by atoms with E-state index in [0.717, 1.165) is 25.7 Å². The molecule has 112 valence electrons. The summed E-state index contributed by atoms with van der Waals surface area (Å²) in [6.07, 6.45) is 3.84. The number of anilines is 1. The number of nitrogens with two attached hydrogens (primary N) is 1. The van der Waals surface area contributed by atoms with Crippen LogP contribution in [0.5, 0.6) is 0 Å². The van der Waals surface area contributed by atoms with Gasteiger partial charge in [0, 0.05) is 16.2 Å². The van der Waals surface area contributed by atoms with Gasteiger partial charge >= 0.3 is 0 Å². The van der Waals surface area contributed by atoms with Crippen molar-refractivity contribution in [2.75, 3.05) is 5.73 Å². The summed E-state index contributed by atoms with van der Waals surface area (Å²) in [5, 5.41) is 0. The van der Waals surface area contributed by atoms with Gasteiger partial charge in [-0.05, 0) is 65.2 Å². The fraction of sp³-hybridized carbons (Fsp3) is 0.571. The van der Waals surface area contributed by atoms with E-state index in [1.807, 2.05) is 0 Å². The Labute approximate surface area is 129 Å². The molecule has 0 aromatic heterocycles. The van der Waals surface area contributed by atoms with Gasteiger partial charge in [0.1, 0.15) is 0 Å². The Morgan fingerprint density at radius 3 is 2.50 bits per heavy atom. The number of nitrogens with one attached hydrogen (secondary N) is 1. The van der Waals surface area contributed by atoms with Gasteiger partial charge < -0.3 is 5.73 Å². The van der Waals surface area contributed by atoms with Gasteiger partial charge in [-0.1, -0.05) is 13.8 Å². The molecule has 1 saturated carbocycles. The second-order valence-electron chi connectivity index (χ2n) is 6.25. The van der Waals surface area contributed by atoms with E-state index >= 15 is 0 Å². The van der Waals surface area contributed by atoms with Crippen molar-refractivity contribution in [3.05, 3.63) is 22.7 Å². The molecule has 0 spiro atoms. The van der Waals surface area contributed by atoms with Gasteiger partial charge in [-0.15, -0.1) is 0 Å². The van der Waals surface area contributed by atoms with Crippen LogP contribution >= 0.6 is 15.9 Å². The van der Waals surface area contributed by atoms with Gasteiger partial charge in [0.25, 0.3) is 0 Å². The number of hydrogen-bond acceptors (Lipinski definition) is 3. The average Bonchev–Trinajstić information content (AvgIpc) is 2.35. The molecule has 0 amide bonds. The van der Waals surface area contributed by atoms with Crippen molar-refractivity contribution >= 4 is 31.6 Å². The van der Waals surface area contributed by atoms with Crippen LogP contribution in [-0.4, -0.2) is 14.5 Å². The zero-order chi connectivity index (χ0) is 15.0. The Balaban J connectivity index is 2.14. The molecule has 1 aromatic rings. The third-order valence-corrected chi connectivity index (χ3v) is 6.42. The summed E-state index contributed by atoms with van der Waals surface area (Å²) in [4.78, 5) is 0.210. The summed E-state index contributed by atoms with van der Waals surface area (Å²) in [6, 6.07) is 4.83. The first-order valence-electron chi connectivity index (χ1n) is 6.77. The lowest BCUT2D eigenvalue weighted by Crippen LogP contribution is -2.39. The van der Waals surface area contributed by atoms with Gasteiger partial charge in [-0.2, -0.15) is 0 Å². The number of hydrogen-bond donors (Lipinski definition) is 2. The highest BCUT2D eigenvalue weighted by Crippen LogP contribution is 2.35. The molecule has 0 heterocycles. The Hall–Kier alpha value is -0.590. The van der Waals surface area contributed by atoms with Gasteiger partial charge in [0.15, 0.2) is 0 Å². The molecule has 0 unspecified atom stereocenters. The predicted molar refractivity (Wildman–Crippen MR) is 84.9 cm³/mol. The number of halogens is 1. The molecule has 0 radical (unpaired) electrons. The van der Waals surface area contributed by atoms with Gasteiger partial charge in [0.2, 0.25) is 10.0 Å². The van der Waals surface area contributed by atoms with E-state index in [2.05, 4.69) is 34.5 Å². The first kappa shape index (κ1) is 15.8. The molecule has 0 aliphatic heterocycles. The number of sulfonamides is 1. The van der Waals surface area contributed by atoms with E-state index in [0.29, 0.717) is 15.6 Å². The minimum absolute atomic E-state index is 0.0151. The third-order valence-electron chi connectivity index (χ3n) is 3.91. The maximum atomic E-state index is 12.4. The van der Waals surface area contributed by atoms with Crippen molar-refractivity contribution < 1.29 is 8.42 Å². The number of rotatable bonds is 3. The highest BCUT2D eigenvalue weighted by Gasteiger charge is 2.30. The standard InChI is InChI=1S/C14H21BrN2O2S/c1-14(2)7-5-11(6-8-14)17-20(18,19)13-9-10(16)3-4-12(13)15/h3-4,9,11,17H,5-8,16H2,1-2H3. The molecular weight excluding hydrogens is 340 g/mol. The molecule has 0 saturated heterocycles. The van der Waals surface area contributed by atoms with E-state index in [1.165, 1.54) is 6.07 Å². The van der Waals surface area contributed by atoms with Crippen LogP contribution in [0.4, 0.5) is 5.69 Å². The summed E-state index contributed by atoms with van der Waals surface area (Å²) < 4.78 is 28.2. The Morgan fingerprint density at radius 2 is 1.90 bits per heavy atom. The lowest BCUT2D eigenvalue weighted by atomic mass is 9.76. The van der Waals surface area contributed by atoms with E-state index < -0.39 is 10.0 Å². The molecule has 1 aliphatic rings. The van der Waals surface area contributed by atoms with Gasteiger partial charge in [-0.25, -0.2) is 13.1 Å². The Morgan fingerprint density at radius 1 is 1.30 bits per heavy atom. The van der Waals surface area contributed by atoms with E-state index in [-0.39, 0.29) is 10.9 Å². The summed E-state index contributed by atoms with van der Waals surface area (Å²) >= 11 is 3.27. The fourth-order valence-corrected chi connectivity index (χ4v) is 4.83. The van der Waals surface area contributed by atoms with Crippen LogP contribution in [0, 0.1) is 5.41 Å². The Bertz CT molecular complexity index is 589. The van der Waals surface area contributed by atoms with Gasteiger partial charge in [0.05, 0.1) is 4.90 Å². The van der Waals surface area contributed by atoms with Crippen LogP contribution in [0.2, 0.25) is 0 Å². The smallest absolute Gasteiger partial charge is 0.242 e.